The zero-order valence-electron chi connectivity index (χ0n) is 10.1. The average Bonchev–Trinajstić information content (AvgIpc) is 2.35. The van der Waals surface area contributed by atoms with E-state index in [9.17, 15) is 9.18 Å². The SMILES string of the molecule is C[C@H](c1ccc(F)cc1)[C@@H](C)OCC(N)C=O. The molecular formula is C13H18FNO2. The van der Waals surface area contributed by atoms with Gasteiger partial charge in [0.15, 0.2) is 0 Å². The summed E-state index contributed by atoms with van der Waals surface area (Å²) in [6.45, 7) is 4.10. The van der Waals surface area contributed by atoms with Crippen LogP contribution in [0.3, 0.4) is 0 Å². The van der Waals surface area contributed by atoms with E-state index in [0.717, 1.165) is 5.56 Å². The Kier molecular flexibility index (Phi) is 5.25. The fourth-order valence-corrected chi connectivity index (χ4v) is 1.48. The number of hydrogen-bond acceptors (Lipinski definition) is 3. The van der Waals surface area contributed by atoms with E-state index in [0.29, 0.717) is 6.29 Å². The van der Waals surface area contributed by atoms with Gasteiger partial charge in [0, 0.05) is 5.92 Å². The lowest BCUT2D eigenvalue weighted by Crippen LogP contribution is -2.31. The average molecular weight is 239 g/mol. The van der Waals surface area contributed by atoms with Gasteiger partial charge in [0.05, 0.1) is 18.8 Å². The van der Waals surface area contributed by atoms with E-state index < -0.39 is 6.04 Å². The number of carbonyl (C=O) groups excluding carboxylic acids is 1. The highest BCUT2D eigenvalue weighted by Gasteiger charge is 2.15. The molecule has 0 fully saturated rings. The minimum Gasteiger partial charge on any atom is -0.376 e. The lowest BCUT2D eigenvalue weighted by Gasteiger charge is -2.21. The smallest absolute Gasteiger partial charge is 0.139 e. The van der Waals surface area contributed by atoms with Crippen LogP contribution in [0.2, 0.25) is 0 Å². The first-order valence-electron chi connectivity index (χ1n) is 5.62. The summed E-state index contributed by atoms with van der Waals surface area (Å²) < 4.78 is 18.3. The van der Waals surface area contributed by atoms with Crippen LogP contribution in [0.5, 0.6) is 0 Å². The lowest BCUT2D eigenvalue weighted by molar-refractivity contribution is -0.110. The van der Waals surface area contributed by atoms with E-state index in [2.05, 4.69) is 0 Å². The lowest BCUT2D eigenvalue weighted by atomic mass is 9.96. The Morgan fingerprint density at radius 1 is 1.35 bits per heavy atom. The van der Waals surface area contributed by atoms with Gasteiger partial charge in [0.1, 0.15) is 12.1 Å². The van der Waals surface area contributed by atoms with Crippen LogP contribution in [0.25, 0.3) is 0 Å². The summed E-state index contributed by atoms with van der Waals surface area (Å²) in [5.41, 5.74) is 6.44. The molecule has 0 aromatic heterocycles. The summed E-state index contributed by atoms with van der Waals surface area (Å²) >= 11 is 0. The van der Waals surface area contributed by atoms with E-state index in [1.54, 1.807) is 12.1 Å². The maximum Gasteiger partial charge on any atom is 0.139 e. The summed E-state index contributed by atoms with van der Waals surface area (Å²) in [4.78, 5) is 10.3. The number of hydrogen-bond donors (Lipinski definition) is 1. The van der Waals surface area contributed by atoms with Crippen molar-refractivity contribution in [2.24, 2.45) is 5.73 Å². The van der Waals surface area contributed by atoms with Crippen molar-refractivity contribution in [2.75, 3.05) is 6.61 Å². The molecule has 1 aromatic carbocycles. The van der Waals surface area contributed by atoms with Crippen molar-refractivity contribution in [3.63, 3.8) is 0 Å². The maximum atomic E-state index is 12.8. The van der Waals surface area contributed by atoms with Crippen LogP contribution in [0, 0.1) is 5.82 Å². The number of carbonyl (C=O) groups is 1. The molecule has 2 N–H and O–H groups in total. The molecule has 0 saturated heterocycles. The molecule has 0 heterocycles. The van der Waals surface area contributed by atoms with Crippen molar-refractivity contribution in [3.05, 3.63) is 35.6 Å². The summed E-state index contributed by atoms with van der Waals surface area (Å²) in [5, 5.41) is 0. The zero-order chi connectivity index (χ0) is 12.8. The molecule has 4 heteroatoms. The molecule has 1 aromatic rings. The first kappa shape index (κ1) is 13.8. The first-order chi connectivity index (χ1) is 8.04. The summed E-state index contributed by atoms with van der Waals surface area (Å²) in [5.74, 6) is -0.132. The minimum absolute atomic E-state index is 0.0774. The number of aldehydes is 1. The third-order valence-electron chi connectivity index (χ3n) is 2.83. The molecular weight excluding hydrogens is 221 g/mol. The van der Waals surface area contributed by atoms with Crippen LogP contribution in [-0.4, -0.2) is 25.0 Å². The van der Waals surface area contributed by atoms with Gasteiger partial charge in [-0.15, -0.1) is 0 Å². The van der Waals surface area contributed by atoms with Gasteiger partial charge < -0.3 is 15.3 Å². The van der Waals surface area contributed by atoms with Crippen LogP contribution in [0.15, 0.2) is 24.3 Å². The first-order valence-corrected chi connectivity index (χ1v) is 5.62. The topological polar surface area (TPSA) is 52.3 Å². The van der Waals surface area contributed by atoms with Gasteiger partial charge in [0.2, 0.25) is 0 Å². The Balaban J connectivity index is 2.54. The molecule has 17 heavy (non-hydrogen) atoms. The molecule has 3 nitrogen and oxygen atoms in total. The predicted molar refractivity (Wildman–Crippen MR) is 64.3 cm³/mol. The van der Waals surface area contributed by atoms with Crippen molar-refractivity contribution >= 4 is 6.29 Å². The molecule has 0 saturated carbocycles. The van der Waals surface area contributed by atoms with Crippen LogP contribution in [0.1, 0.15) is 25.3 Å². The number of ether oxygens (including phenoxy) is 1. The van der Waals surface area contributed by atoms with Gasteiger partial charge in [-0.2, -0.15) is 0 Å². The molecule has 0 aliphatic heterocycles. The largest absolute Gasteiger partial charge is 0.376 e. The molecule has 3 atom stereocenters. The Bertz CT molecular complexity index is 353. The van der Waals surface area contributed by atoms with E-state index in [1.807, 2.05) is 13.8 Å². The van der Waals surface area contributed by atoms with Crippen LogP contribution in [0.4, 0.5) is 4.39 Å². The van der Waals surface area contributed by atoms with E-state index >= 15 is 0 Å². The molecule has 0 amide bonds. The molecule has 0 radical (unpaired) electrons. The van der Waals surface area contributed by atoms with E-state index in [4.69, 9.17) is 10.5 Å². The molecule has 94 valence electrons. The molecule has 1 unspecified atom stereocenters. The Morgan fingerprint density at radius 3 is 2.47 bits per heavy atom. The van der Waals surface area contributed by atoms with Crippen molar-refractivity contribution in [2.45, 2.75) is 31.9 Å². The second-order valence-electron chi connectivity index (χ2n) is 4.18. The van der Waals surface area contributed by atoms with Gasteiger partial charge in [-0.1, -0.05) is 19.1 Å². The third kappa shape index (κ3) is 4.24. The number of benzene rings is 1. The number of halogens is 1. The van der Waals surface area contributed by atoms with Crippen molar-refractivity contribution in [3.8, 4) is 0 Å². The Hall–Kier alpha value is -1.26. The highest BCUT2D eigenvalue weighted by molar-refractivity contribution is 5.57. The number of rotatable bonds is 6. The standard InChI is InChI=1S/C13H18FNO2/c1-9(10(2)17-8-13(15)7-16)11-3-5-12(14)6-4-11/h3-7,9-10,13H,8,15H2,1-2H3/t9-,10+,13?/m0/s1. The highest BCUT2D eigenvalue weighted by Crippen LogP contribution is 2.21. The molecule has 0 spiro atoms. The quantitative estimate of drug-likeness (QED) is 0.771. The second-order valence-corrected chi connectivity index (χ2v) is 4.18. The number of nitrogens with two attached hydrogens (primary N) is 1. The summed E-state index contributed by atoms with van der Waals surface area (Å²) in [6.07, 6.45) is 0.585. The predicted octanol–water partition coefficient (Wildman–Crippen LogP) is 1.86. The maximum absolute atomic E-state index is 12.8. The fourth-order valence-electron chi connectivity index (χ4n) is 1.48. The summed E-state index contributed by atoms with van der Waals surface area (Å²) in [6, 6.07) is 5.74. The van der Waals surface area contributed by atoms with Crippen molar-refractivity contribution in [1.29, 1.82) is 0 Å². The van der Waals surface area contributed by atoms with E-state index in [1.165, 1.54) is 12.1 Å². The van der Waals surface area contributed by atoms with Gasteiger partial charge in [0.25, 0.3) is 0 Å². The van der Waals surface area contributed by atoms with Crippen LogP contribution < -0.4 is 5.73 Å². The van der Waals surface area contributed by atoms with Gasteiger partial charge in [-0.25, -0.2) is 4.39 Å². The third-order valence-corrected chi connectivity index (χ3v) is 2.83. The zero-order valence-corrected chi connectivity index (χ0v) is 10.1. The Morgan fingerprint density at radius 2 is 1.94 bits per heavy atom. The monoisotopic (exact) mass is 239 g/mol. The molecule has 0 aliphatic rings. The Labute approximate surface area is 101 Å². The fraction of sp³-hybridized carbons (Fsp3) is 0.462. The van der Waals surface area contributed by atoms with Gasteiger partial charge in [-0.3, -0.25) is 0 Å². The van der Waals surface area contributed by atoms with Crippen molar-refractivity contribution in [1.82, 2.24) is 0 Å². The second kappa shape index (κ2) is 6.47. The van der Waals surface area contributed by atoms with Crippen LogP contribution >= 0.6 is 0 Å². The summed E-state index contributed by atoms with van der Waals surface area (Å²) in [7, 11) is 0. The minimum atomic E-state index is -0.585. The molecule has 0 bridgehead atoms. The van der Waals surface area contributed by atoms with Crippen molar-refractivity contribution < 1.29 is 13.9 Å². The molecule has 1 rings (SSSR count). The highest BCUT2D eigenvalue weighted by atomic mass is 19.1. The van der Waals surface area contributed by atoms with Crippen LogP contribution in [-0.2, 0) is 9.53 Å². The normalized spacial score (nSPS) is 16.2. The van der Waals surface area contributed by atoms with E-state index in [-0.39, 0.29) is 24.4 Å². The molecule has 0 aliphatic carbocycles. The van der Waals surface area contributed by atoms with Gasteiger partial charge >= 0.3 is 0 Å². The van der Waals surface area contributed by atoms with Gasteiger partial charge in [-0.05, 0) is 24.6 Å².